The van der Waals surface area contributed by atoms with Gasteiger partial charge in [-0.3, -0.25) is 9.36 Å². The zero-order valence-corrected chi connectivity index (χ0v) is 16.3. The van der Waals surface area contributed by atoms with E-state index in [1.54, 1.807) is 12.3 Å². The first-order valence-corrected chi connectivity index (χ1v) is 9.21. The molecule has 0 bridgehead atoms. The summed E-state index contributed by atoms with van der Waals surface area (Å²) in [5.41, 5.74) is 3.92. The smallest absolute Gasteiger partial charge is 0.418 e. The van der Waals surface area contributed by atoms with Gasteiger partial charge in [0.25, 0.3) is 0 Å². The molecule has 1 amide bonds. The number of para-hydroxylation sites is 1. The molecule has 3 rings (SSSR count). The highest BCUT2D eigenvalue weighted by atomic mass is 16.5. The van der Waals surface area contributed by atoms with Crippen LogP contribution in [-0.4, -0.2) is 29.7 Å². The molecule has 0 spiro atoms. The lowest BCUT2D eigenvalue weighted by atomic mass is 10.1. The van der Waals surface area contributed by atoms with Crippen LogP contribution in [0.5, 0.6) is 0 Å². The fraction of sp³-hybridized carbons (Fsp3) is 0.217. The van der Waals surface area contributed by atoms with Crippen LogP contribution in [0.3, 0.4) is 0 Å². The summed E-state index contributed by atoms with van der Waals surface area (Å²) >= 11 is 0. The number of amides is 1. The number of hydrogen-bond donors (Lipinski definition) is 1. The summed E-state index contributed by atoms with van der Waals surface area (Å²) in [7, 11) is 1.36. The van der Waals surface area contributed by atoms with Crippen molar-refractivity contribution < 1.29 is 14.3 Å². The average molecular weight is 376 g/mol. The van der Waals surface area contributed by atoms with Gasteiger partial charge in [0.2, 0.25) is 5.91 Å². The fourth-order valence-corrected chi connectivity index (χ4v) is 3.27. The number of nitrogens with one attached hydrogen (secondary N) is 1. The van der Waals surface area contributed by atoms with E-state index in [4.69, 9.17) is 4.74 Å². The van der Waals surface area contributed by atoms with Gasteiger partial charge in [-0.1, -0.05) is 42.5 Å². The Morgan fingerprint density at radius 3 is 2.61 bits per heavy atom. The van der Waals surface area contributed by atoms with E-state index >= 15 is 0 Å². The van der Waals surface area contributed by atoms with E-state index in [2.05, 4.69) is 5.32 Å². The largest absolute Gasteiger partial charge is 0.452 e. The van der Waals surface area contributed by atoms with Crippen LogP contribution in [0, 0.1) is 6.92 Å². The second-order valence-electron chi connectivity index (χ2n) is 6.82. The number of aryl methyl sites for hydroxylation is 1. The van der Waals surface area contributed by atoms with Gasteiger partial charge < -0.3 is 10.1 Å². The van der Waals surface area contributed by atoms with Gasteiger partial charge in [-0.2, -0.15) is 0 Å². The van der Waals surface area contributed by atoms with Crippen molar-refractivity contribution in [2.75, 3.05) is 7.11 Å². The molecule has 0 aliphatic carbocycles. The molecule has 1 atom stereocenters. The molecule has 144 valence electrons. The minimum absolute atomic E-state index is 0.0917. The van der Waals surface area contributed by atoms with E-state index in [-0.39, 0.29) is 11.9 Å². The van der Waals surface area contributed by atoms with E-state index in [9.17, 15) is 9.59 Å². The molecule has 28 heavy (non-hydrogen) atoms. The van der Waals surface area contributed by atoms with Crippen molar-refractivity contribution in [2.24, 2.45) is 0 Å². The average Bonchev–Trinajstić information content (AvgIpc) is 3.05. The molecule has 0 aliphatic rings. The zero-order chi connectivity index (χ0) is 20.1. The van der Waals surface area contributed by atoms with Gasteiger partial charge in [-0.25, -0.2) is 4.79 Å². The predicted octanol–water partition coefficient (Wildman–Crippen LogP) is 4.32. The molecule has 1 heterocycles. The minimum Gasteiger partial charge on any atom is -0.452 e. The Hall–Kier alpha value is -3.34. The molecule has 0 radical (unpaired) electrons. The summed E-state index contributed by atoms with van der Waals surface area (Å²) in [6.45, 7) is 3.96. The van der Waals surface area contributed by atoms with Crippen molar-refractivity contribution in [2.45, 2.75) is 26.3 Å². The van der Waals surface area contributed by atoms with Crippen LogP contribution in [0.4, 0.5) is 4.79 Å². The third kappa shape index (κ3) is 4.31. The van der Waals surface area contributed by atoms with Crippen LogP contribution in [0.1, 0.15) is 23.6 Å². The Bertz CT molecular complexity index is 1030. The molecule has 3 aromatic rings. The predicted molar refractivity (Wildman–Crippen MR) is 111 cm³/mol. The number of carbonyl (C=O) groups is 2. The molecule has 1 aromatic heterocycles. The van der Waals surface area contributed by atoms with Crippen molar-refractivity contribution >= 4 is 29.0 Å². The highest BCUT2D eigenvalue weighted by Gasteiger charge is 2.16. The monoisotopic (exact) mass is 376 g/mol. The van der Waals surface area contributed by atoms with Crippen molar-refractivity contribution in [3.63, 3.8) is 0 Å². The molecule has 0 saturated heterocycles. The maximum absolute atomic E-state index is 12.3. The van der Waals surface area contributed by atoms with E-state index < -0.39 is 6.09 Å². The van der Waals surface area contributed by atoms with Crippen LogP contribution in [0.2, 0.25) is 0 Å². The molecular formula is C23H24N2O3. The van der Waals surface area contributed by atoms with Gasteiger partial charge in [0.05, 0.1) is 12.6 Å². The first kappa shape index (κ1) is 19.4. The zero-order valence-electron chi connectivity index (χ0n) is 16.3. The quantitative estimate of drug-likeness (QED) is 0.675. The number of fused-ring (bicyclic) bond motifs is 1. The molecule has 0 aliphatic heterocycles. The normalized spacial score (nSPS) is 12.2. The number of rotatable bonds is 5. The topological polar surface area (TPSA) is 60.3 Å². The van der Waals surface area contributed by atoms with Crippen LogP contribution >= 0.6 is 0 Å². The number of nitrogens with zero attached hydrogens (tertiary/aromatic N) is 1. The number of hydrogen-bond acceptors (Lipinski definition) is 3. The summed E-state index contributed by atoms with van der Waals surface area (Å²) in [4.78, 5) is 24.3. The first-order valence-electron chi connectivity index (χ1n) is 9.21. The van der Waals surface area contributed by atoms with Crippen LogP contribution in [0.25, 0.3) is 17.0 Å². The van der Waals surface area contributed by atoms with Crippen molar-refractivity contribution in [1.29, 1.82) is 0 Å². The van der Waals surface area contributed by atoms with E-state index in [0.29, 0.717) is 6.42 Å². The Morgan fingerprint density at radius 1 is 1.14 bits per heavy atom. The van der Waals surface area contributed by atoms with Crippen molar-refractivity contribution in [3.8, 4) is 0 Å². The molecule has 5 nitrogen and oxygen atoms in total. The van der Waals surface area contributed by atoms with Gasteiger partial charge in [-0.05, 0) is 49.1 Å². The summed E-state index contributed by atoms with van der Waals surface area (Å²) < 4.78 is 6.35. The van der Waals surface area contributed by atoms with Crippen molar-refractivity contribution in [1.82, 2.24) is 9.88 Å². The van der Waals surface area contributed by atoms with Crippen LogP contribution in [-0.2, 0) is 16.0 Å². The third-order valence-corrected chi connectivity index (χ3v) is 4.68. The highest BCUT2D eigenvalue weighted by Crippen LogP contribution is 2.23. The summed E-state index contributed by atoms with van der Waals surface area (Å²) in [5.74, 6) is -0.146. The van der Waals surface area contributed by atoms with E-state index in [1.165, 1.54) is 11.7 Å². The number of aromatic nitrogens is 1. The Balaban J connectivity index is 1.71. The van der Waals surface area contributed by atoms with Gasteiger partial charge in [-0.15, -0.1) is 0 Å². The van der Waals surface area contributed by atoms with E-state index in [0.717, 1.165) is 27.6 Å². The van der Waals surface area contributed by atoms with Crippen LogP contribution < -0.4 is 5.32 Å². The Morgan fingerprint density at radius 2 is 1.86 bits per heavy atom. The van der Waals surface area contributed by atoms with Gasteiger partial charge in [0.15, 0.2) is 0 Å². The molecule has 0 saturated carbocycles. The summed E-state index contributed by atoms with van der Waals surface area (Å²) in [5, 5.41) is 3.96. The molecular weight excluding hydrogens is 352 g/mol. The summed E-state index contributed by atoms with van der Waals surface area (Å²) in [6.07, 6.45) is 5.33. The molecule has 5 heteroatoms. The maximum atomic E-state index is 12.3. The minimum atomic E-state index is -0.430. The lowest BCUT2D eigenvalue weighted by molar-refractivity contribution is -0.117. The number of ether oxygens (including phenoxy) is 1. The third-order valence-electron chi connectivity index (χ3n) is 4.68. The summed E-state index contributed by atoms with van der Waals surface area (Å²) in [6, 6.07) is 15.5. The lowest BCUT2D eigenvalue weighted by Crippen LogP contribution is -2.32. The van der Waals surface area contributed by atoms with Gasteiger partial charge >= 0.3 is 6.09 Å². The van der Waals surface area contributed by atoms with Crippen molar-refractivity contribution in [3.05, 3.63) is 77.5 Å². The Kier molecular flexibility index (Phi) is 5.94. The molecule has 2 aromatic carbocycles. The van der Waals surface area contributed by atoms with Gasteiger partial charge in [0, 0.05) is 23.7 Å². The second kappa shape index (κ2) is 8.57. The highest BCUT2D eigenvalue weighted by molar-refractivity contribution is 5.93. The van der Waals surface area contributed by atoms with Gasteiger partial charge in [0.1, 0.15) is 0 Å². The Labute approximate surface area is 164 Å². The number of benzene rings is 2. The second-order valence-corrected chi connectivity index (χ2v) is 6.82. The van der Waals surface area contributed by atoms with Crippen LogP contribution in [0.15, 0.2) is 60.8 Å². The maximum Gasteiger partial charge on any atom is 0.418 e. The number of methoxy groups -OCH3 is 1. The SMILES string of the molecule is COC(=O)n1cc(C[C@@H](C)NC(=O)C=Cc2ccccc2C)c2ccccc21. The molecule has 0 unspecified atom stereocenters. The van der Waals surface area contributed by atoms with E-state index in [1.807, 2.05) is 68.5 Å². The first-order chi connectivity index (χ1) is 13.5. The fourth-order valence-electron chi connectivity index (χ4n) is 3.27. The molecule has 1 N–H and O–H groups in total. The lowest BCUT2D eigenvalue weighted by Gasteiger charge is -2.12. The number of carbonyl (C=O) groups excluding carboxylic acids is 2. The standard InChI is InChI=1S/C23H24N2O3/c1-16-8-4-5-9-18(16)12-13-22(26)24-17(2)14-19-15-25(23(27)28-3)21-11-7-6-10-20(19)21/h4-13,15,17H,14H2,1-3H3,(H,24,26)/t17-/m1/s1. The molecule has 0 fully saturated rings.